The van der Waals surface area contributed by atoms with Crippen LogP contribution in [-0.4, -0.2) is 30.6 Å². The maximum absolute atomic E-state index is 3.77. The topological polar surface area (TPSA) is 15.3 Å². The molecule has 1 aromatic heterocycles. The van der Waals surface area contributed by atoms with Crippen molar-refractivity contribution in [3.05, 3.63) is 35.2 Å². The lowest BCUT2D eigenvalue weighted by Gasteiger charge is -2.32. The van der Waals surface area contributed by atoms with Gasteiger partial charge in [0.1, 0.15) is 0 Å². The molecule has 1 aliphatic rings. The molecule has 0 atom stereocenters. The van der Waals surface area contributed by atoms with Crippen LogP contribution in [0.25, 0.3) is 10.1 Å². The van der Waals surface area contributed by atoms with Crippen molar-refractivity contribution < 1.29 is 0 Å². The number of nitrogens with one attached hydrogen (secondary N) is 1. The molecule has 0 radical (unpaired) electrons. The minimum atomic E-state index is 0.696. The zero-order chi connectivity index (χ0) is 14.5. The number of nitrogens with zero attached hydrogens (tertiary/aromatic N) is 1. The maximum atomic E-state index is 3.77. The second-order valence-corrected chi connectivity index (χ2v) is 7.02. The van der Waals surface area contributed by atoms with E-state index in [4.69, 9.17) is 0 Å². The Balaban J connectivity index is 1.48. The molecule has 3 rings (SSSR count). The molecule has 114 valence electrons. The Bertz CT molecular complexity index is 555. The maximum Gasteiger partial charge on any atom is 0.0346 e. The van der Waals surface area contributed by atoms with Crippen molar-refractivity contribution in [2.75, 3.05) is 19.6 Å². The van der Waals surface area contributed by atoms with Gasteiger partial charge < -0.3 is 10.2 Å². The number of hydrogen-bond donors (Lipinski definition) is 1. The molecule has 2 aromatic rings. The van der Waals surface area contributed by atoms with Crippen LogP contribution in [0.1, 0.15) is 38.2 Å². The quantitative estimate of drug-likeness (QED) is 0.858. The largest absolute Gasteiger partial charge is 0.310 e. The first kappa shape index (κ1) is 15.0. The first-order valence-electron chi connectivity index (χ1n) is 8.27. The third-order valence-electron chi connectivity index (χ3n) is 4.56. The third kappa shape index (κ3) is 3.85. The summed E-state index contributed by atoms with van der Waals surface area (Å²) in [6.07, 6.45) is 5.25. The van der Waals surface area contributed by atoms with E-state index >= 15 is 0 Å². The normalized spacial score (nSPS) is 17.6. The van der Waals surface area contributed by atoms with Crippen LogP contribution in [0.4, 0.5) is 0 Å². The zero-order valence-electron chi connectivity index (χ0n) is 13.0. The highest BCUT2D eigenvalue weighted by molar-refractivity contribution is 7.17. The van der Waals surface area contributed by atoms with Crippen LogP contribution in [0.5, 0.6) is 0 Å². The number of unbranched alkanes of at least 4 members (excludes halogenated alkanes) is 1. The summed E-state index contributed by atoms with van der Waals surface area (Å²) in [5, 5.41) is 7.51. The lowest BCUT2D eigenvalue weighted by molar-refractivity contribution is 0.195. The standard InChI is InChI=1S/C18H26N2S/c1-2-3-10-20-11-8-16(9-12-20)19-13-15-14-21-18-7-5-4-6-17(15)18/h4-7,14,16,19H,2-3,8-13H2,1H3. The Hall–Kier alpha value is -0.900. The zero-order valence-corrected chi connectivity index (χ0v) is 13.8. The van der Waals surface area contributed by atoms with Gasteiger partial charge in [-0.2, -0.15) is 0 Å². The van der Waals surface area contributed by atoms with E-state index in [1.54, 1.807) is 0 Å². The van der Waals surface area contributed by atoms with E-state index in [0.29, 0.717) is 6.04 Å². The summed E-state index contributed by atoms with van der Waals surface area (Å²) in [7, 11) is 0. The highest BCUT2D eigenvalue weighted by Gasteiger charge is 2.18. The molecule has 2 heterocycles. The average Bonchev–Trinajstić information content (AvgIpc) is 2.95. The minimum absolute atomic E-state index is 0.696. The number of hydrogen-bond acceptors (Lipinski definition) is 3. The van der Waals surface area contributed by atoms with Crippen molar-refractivity contribution in [3.8, 4) is 0 Å². The Kier molecular flexibility index (Phi) is 5.28. The predicted octanol–water partition coefficient (Wildman–Crippen LogP) is 4.26. The summed E-state index contributed by atoms with van der Waals surface area (Å²) in [5.41, 5.74) is 1.46. The molecular weight excluding hydrogens is 276 g/mol. The highest BCUT2D eigenvalue weighted by atomic mass is 32.1. The van der Waals surface area contributed by atoms with E-state index in [2.05, 4.69) is 46.8 Å². The first-order valence-corrected chi connectivity index (χ1v) is 9.15. The van der Waals surface area contributed by atoms with Gasteiger partial charge in [0.05, 0.1) is 0 Å². The lowest BCUT2D eigenvalue weighted by atomic mass is 10.0. The fourth-order valence-corrected chi connectivity index (χ4v) is 4.13. The number of fused-ring (bicyclic) bond motifs is 1. The van der Waals surface area contributed by atoms with Gasteiger partial charge in [-0.05, 0) is 61.3 Å². The molecule has 1 aliphatic heterocycles. The molecular formula is C18H26N2S. The fourth-order valence-electron chi connectivity index (χ4n) is 3.17. The van der Waals surface area contributed by atoms with Crippen LogP contribution < -0.4 is 5.32 Å². The Labute approximate surface area is 132 Å². The Morgan fingerprint density at radius 1 is 1.24 bits per heavy atom. The molecule has 0 spiro atoms. The van der Waals surface area contributed by atoms with Crippen LogP contribution in [0, 0.1) is 0 Å². The number of thiophene rings is 1. The molecule has 0 amide bonds. The molecule has 0 saturated carbocycles. The smallest absolute Gasteiger partial charge is 0.0346 e. The summed E-state index contributed by atoms with van der Waals surface area (Å²) in [6.45, 7) is 7.12. The van der Waals surface area contributed by atoms with Gasteiger partial charge in [0.2, 0.25) is 0 Å². The van der Waals surface area contributed by atoms with Crippen LogP contribution in [0.15, 0.2) is 29.6 Å². The molecule has 1 fully saturated rings. The monoisotopic (exact) mass is 302 g/mol. The Morgan fingerprint density at radius 3 is 2.86 bits per heavy atom. The molecule has 1 saturated heterocycles. The van der Waals surface area contributed by atoms with Gasteiger partial charge in [-0.15, -0.1) is 11.3 Å². The molecule has 1 aromatic carbocycles. The third-order valence-corrected chi connectivity index (χ3v) is 5.57. The summed E-state index contributed by atoms with van der Waals surface area (Å²) < 4.78 is 1.41. The van der Waals surface area contributed by atoms with E-state index in [0.717, 1.165) is 6.54 Å². The van der Waals surface area contributed by atoms with Gasteiger partial charge in [0.25, 0.3) is 0 Å². The van der Waals surface area contributed by atoms with Crippen molar-refractivity contribution in [1.82, 2.24) is 10.2 Å². The summed E-state index contributed by atoms with van der Waals surface area (Å²) in [5.74, 6) is 0. The number of likely N-dealkylation sites (tertiary alicyclic amines) is 1. The van der Waals surface area contributed by atoms with Crippen LogP contribution in [0.2, 0.25) is 0 Å². The number of piperidine rings is 1. The summed E-state index contributed by atoms with van der Waals surface area (Å²) in [6, 6.07) is 9.43. The molecule has 0 unspecified atom stereocenters. The minimum Gasteiger partial charge on any atom is -0.310 e. The van der Waals surface area contributed by atoms with Crippen molar-refractivity contribution >= 4 is 21.4 Å². The van der Waals surface area contributed by atoms with Crippen LogP contribution >= 0.6 is 11.3 Å². The second-order valence-electron chi connectivity index (χ2n) is 6.11. The molecule has 1 N–H and O–H groups in total. The van der Waals surface area contributed by atoms with Gasteiger partial charge in [-0.3, -0.25) is 0 Å². The van der Waals surface area contributed by atoms with Crippen LogP contribution in [-0.2, 0) is 6.54 Å². The van der Waals surface area contributed by atoms with Gasteiger partial charge in [-0.25, -0.2) is 0 Å². The van der Waals surface area contributed by atoms with E-state index in [-0.39, 0.29) is 0 Å². The van der Waals surface area contributed by atoms with Gasteiger partial charge in [0, 0.05) is 17.3 Å². The van der Waals surface area contributed by atoms with Gasteiger partial charge in [0.15, 0.2) is 0 Å². The molecule has 0 bridgehead atoms. The summed E-state index contributed by atoms with van der Waals surface area (Å²) in [4.78, 5) is 2.63. The van der Waals surface area contributed by atoms with E-state index in [9.17, 15) is 0 Å². The second kappa shape index (κ2) is 7.39. The number of benzene rings is 1. The van der Waals surface area contributed by atoms with Crippen molar-refractivity contribution in [3.63, 3.8) is 0 Å². The predicted molar refractivity (Wildman–Crippen MR) is 93.0 cm³/mol. The molecule has 2 nitrogen and oxygen atoms in total. The van der Waals surface area contributed by atoms with Gasteiger partial charge in [-0.1, -0.05) is 31.5 Å². The van der Waals surface area contributed by atoms with Crippen molar-refractivity contribution in [2.24, 2.45) is 0 Å². The van der Waals surface area contributed by atoms with E-state index < -0.39 is 0 Å². The fraction of sp³-hybridized carbons (Fsp3) is 0.556. The molecule has 21 heavy (non-hydrogen) atoms. The number of rotatable bonds is 6. The van der Waals surface area contributed by atoms with E-state index in [1.807, 2.05) is 11.3 Å². The van der Waals surface area contributed by atoms with Crippen molar-refractivity contribution in [2.45, 2.75) is 45.2 Å². The molecule has 3 heteroatoms. The first-order chi connectivity index (χ1) is 10.4. The van der Waals surface area contributed by atoms with Gasteiger partial charge >= 0.3 is 0 Å². The van der Waals surface area contributed by atoms with Crippen molar-refractivity contribution in [1.29, 1.82) is 0 Å². The average molecular weight is 302 g/mol. The Morgan fingerprint density at radius 2 is 2.05 bits per heavy atom. The highest BCUT2D eigenvalue weighted by Crippen LogP contribution is 2.25. The summed E-state index contributed by atoms with van der Waals surface area (Å²) >= 11 is 1.86. The SMILES string of the molecule is CCCCN1CCC(NCc2csc3ccccc23)CC1. The lowest BCUT2D eigenvalue weighted by Crippen LogP contribution is -2.42. The van der Waals surface area contributed by atoms with Crippen LogP contribution in [0.3, 0.4) is 0 Å². The van der Waals surface area contributed by atoms with E-state index in [1.165, 1.54) is 61.0 Å². The molecule has 0 aliphatic carbocycles.